The average Bonchev–Trinajstić information content (AvgIpc) is 2.36. The van der Waals surface area contributed by atoms with Gasteiger partial charge in [0.2, 0.25) is 0 Å². The van der Waals surface area contributed by atoms with E-state index in [2.05, 4.69) is 0 Å². The van der Waals surface area contributed by atoms with Crippen LogP contribution < -0.4 is 0 Å². The second kappa shape index (κ2) is 7.62. The van der Waals surface area contributed by atoms with E-state index in [1.165, 1.54) is 13.0 Å². The van der Waals surface area contributed by atoms with E-state index < -0.39 is 12.1 Å². The fourth-order valence-corrected chi connectivity index (χ4v) is 2.13. The molecule has 1 atom stereocenters. The lowest BCUT2D eigenvalue weighted by Gasteiger charge is -2.16. The summed E-state index contributed by atoms with van der Waals surface area (Å²) >= 11 is 0. The number of carbonyl (C=O) groups is 2. The summed E-state index contributed by atoms with van der Waals surface area (Å²) in [5, 5.41) is 9.98. The maximum absolute atomic E-state index is 12.3. The normalized spacial score (nSPS) is 11.6. The minimum Gasteiger partial charge on any atom is -0.507 e. The molecule has 0 saturated heterocycles. The van der Waals surface area contributed by atoms with Crippen molar-refractivity contribution in [3.63, 3.8) is 0 Å². The van der Waals surface area contributed by atoms with Gasteiger partial charge in [-0.3, -0.25) is 9.59 Å². The molecule has 1 N–H and O–H groups in total. The number of esters is 1. The van der Waals surface area contributed by atoms with Crippen molar-refractivity contribution in [2.75, 3.05) is 0 Å². The van der Waals surface area contributed by atoms with Crippen LogP contribution in [0.4, 0.5) is 0 Å². The van der Waals surface area contributed by atoms with Gasteiger partial charge in [0.15, 0.2) is 5.78 Å². The fourth-order valence-electron chi connectivity index (χ4n) is 2.13. The average molecular weight is 290 g/mol. The van der Waals surface area contributed by atoms with Gasteiger partial charge in [0, 0.05) is 18.9 Å². The Morgan fingerprint density at radius 1 is 1.29 bits per heavy atom. The smallest absolute Gasteiger partial charge is 0.303 e. The number of hydrogen-bond acceptors (Lipinski definition) is 4. The molecule has 1 aromatic carbocycles. The number of allylic oxidation sites excluding steroid dienone is 2. The van der Waals surface area contributed by atoms with Gasteiger partial charge in [0.05, 0.1) is 5.56 Å². The number of phenolic OH excluding ortho intramolecular Hbond substituents is 1. The van der Waals surface area contributed by atoms with Crippen LogP contribution in [0.2, 0.25) is 0 Å². The second-order valence-corrected chi connectivity index (χ2v) is 5.24. The molecule has 0 spiro atoms. The van der Waals surface area contributed by atoms with Gasteiger partial charge in [0.1, 0.15) is 11.9 Å². The van der Waals surface area contributed by atoms with E-state index in [9.17, 15) is 14.7 Å². The molecule has 1 aromatic rings. The molecule has 0 amide bonds. The zero-order valence-electron chi connectivity index (χ0n) is 13.0. The van der Waals surface area contributed by atoms with Crippen molar-refractivity contribution in [1.82, 2.24) is 0 Å². The number of hydrogen-bond donors (Lipinski definition) is 1. The first-order valence-electron chi connectivity index (χ1n) is 6.98. The molecule has 0 aliphatic heterocycles. The summed E-state index contributed by atoms with van der Waals surface area (Å²) in [4.78, 5) is 23.4. The topological polar surface area (TPSA) is 63.6 Å². The zero-order valence-corrected chi connectivity index (χ0v) is 13.0. The number of ether oxygens (including phenoxy) is 1. The molecule has 0 unspecified atom stereocenters. The molecule has 0 radical (unpaired) electrons. The molecular weight excluding hydrogens is 268 g/mol. The van der Waals surface area contributed by atoms with Gasteiger partial charge in [0.25, 0.3) is 0 Å². The van der Waals surface area contributed by atoms with Crippen LogP contribution in [0.5, 0.6) is 5.75 Å². The van der Waals surface area contributed by atoms with E-state index in [1.54, 1.807) is 19.1 Å². The largest absolute Gasteiger partial charge is 0.507 e. The molecule has 4 nitrogen and oxygen atoms in total. The lowest BCUT2D eigenvalue weighted by molar-refractivity contribution is -0.145. The minimum atomic E-state index is -0.572. The SMILES string of the molecule is CC(=O)O[C@@H](C)c1cccc(O)c1C(=O)CCC=C(C)C. The number of rotatable bonds is 6. The number of Topliss-reactive ketones (excluding diaryl/α,β-unsaturated/α-hetero) is 1. The highest BCUT2D eigenvalue weighted by molar-refractivity contribution is 6.00. The number of carbonyl (C=O) groups excluding carboxylic acids is 2. The van der Waals surface area contributed by atoms with Crippen molar-refractivity contribution < 1.29 is 19.4 Å². The highest BCUT2D eigenvalue weighted by Crippen LogP contribution is 2.29. The van der Waals surface area contributed by atoms with Gasteiger partial charge in [-0.05, 0) is 33.3 Å². The van der Waals surface area contributed by atoms with E-state index in [-0.39, 0.29) is 17.1 Å². The van der Waals surface area contributed by atoms with Crippen molar-refractivity contribution in [2.24, 2.45) is 0 Å². The minimum absolute atomic E-state index is 0.0753. The Balaban J connectivity index is 3.02. The second-order valence-electron chi connectivity index (χ2n) is 5.24. The van der Waals surface area contributed by atoms with E-state index >= 15 is 0 Å². The van der Waals surface area contributed by atoms with Crippen molar-refractivity contribution >= 4 is 11.8 Å². The molecule has 4 heteroatoms. The third kappa shape index (κ3) is 5.06. The highest BCUT2D eigenvalue weighted by Gasteiger charge is 2.21. The predicted molar refractivity (Wildman–Crippen MR) is 81.3 cm³/mol. The predicted octanol–water partition coefficient (Wildman–Crippen LogP) is 3.95. The third-order valence-electron chi connectivity index (χ3n) is 3.06. The number of phenols is 1. The van der Waals surface area contributed by atoms with Crippen LogP contribution in [0.1, 0.15) is 62.6 Å². The van der Waals surface area contributed by atoms with Crippen LogP contribution in [-0.2, 0) is 9.53 Å². The summed E-state index contributed by atoms with van der Waals surface area (Å²) in [6.07, 6.45) is 2.34. The summed E-state index contributed by atoms with van der Waals surface area (Å²) in [5.41, 5.74) is 1.93. The van der Waals surface area contributed by atoms with E-state index in [0.717, 1.165) is 5.57 Å². The zero-order chi connectivity index (χ0) is 16.0. The monoisotopic (exact) mass is 290 g/mol. The van der Waals surface area contributed by atoms with Gasteiger partial charge in [-0.2, -0.15) is 0 Å². The lowest BCUT2D eigenvalue weighted by Crippen LogP contribution is -2.11. The first kappa shape index (κ1) is 17.0. The van der Waals surface area contributed by atoms with Crippen LogP contribution in [0.15, 0.2) is 29.8 Å². The molecule has 0 aromatic heterocycles. The standard InChI is InChI=1S/C17H22O4/c1-11(2)7-5-9-15(19)17-14(8-6-10-16(17)20)12(3)21-13(4)18/h6-8,10,12,20H,5,9H2,1-4H3/t12-/m0/s1. The Morgan fingerprint density at radius 2 is 1.95 bits per heavy atom. The van der Waals surface area contributed by atoms with Crippen LogP contribution in [0.3, 0.4) is 0 Å². The fraction of sp³-hybridized carbons (Fsp3) is 0.412. The quantitative estimate of drug-likeness (QED) is 0.489. The Kier molecular flexibility index (Phi) is 6.15. The lowest BCUT2D eigenvalue weighted by atomic mass is 9.96. The molecule has 0 aliphatic carbocycles. The van der Waals surface area contributed by atoms with Crippen molar-refractivity contribution in [3.05, 3.63) is 41.0 Å². The van der Waals surface area contributed by atoms with Crippen LogP contribution >= 0.6 is 0 Å². The highest BCUT2D eigenvalue weighted by atomic mass is 16.5. The van der Waals surface area contributed by atoms with Gasteiger partial charge < -0.3 is 9.84 Å². The first-order valence-corrected chi connectivity index (χ1v) is 6.98. The molecule has 1 rings (SSSR count). The summed E-state index contributed by atoms with van der Waals surface area (Å²) in [6.45, 7) is 6.94. The number of aromatic hydroxyl groups is 1. The number of benzene rings is 1. The molecule has 0 bridgehead atoms. The maximum atomic E-state index is 12.3. The molecule has 0 aliphatic rings. The van der Waals surface area contributed by atoms with E-state index in [1.807, 2.05) is 19.9 Å². The molecule has 114 valence electrons. The van der Waals surface area contributed by atoms with Gasteiger partial charge in [-0.1, -0.05) is 23.8 Å². The van der Waals surface area contributed by atoms with Gasteiger partial charge in [-0.25, -0.2) is 0 Å². The Bertz CT molecular complexity index is 554. The molecular formula is C17H22O4. The Morgan fingerprint density at radius 3 is 2.52 bits per heavy atom. The van der Waals surface area contributed by atoms with Crippen LogP contribution in [-0.4, -0.2) is 16.9 Å². The molecule has 0 fully saturated rings. The van der Waals surface area contributed by atoms with Gasteiger partial charge in [-0.15, -0.1) is 0 Å². The maximum Gasteiger partial charge on any atom is 0.303 e. The molecule has 21 heavy (non-hydrogen) atoms. The van der Waals surface area contributed by atoms with Gasteiger partial charge >= 0.3 is 5.97 Å². The summed E-state index contributed by atoms with van der Waals surface area (Å²) < 4.78 is 5.11. The van der Waals surface area contributed by atoms with E-state index in [0.29, 0.717) is 18.4 Å². The number of ketones is 1. The van der Waals surface area contributed by atoms with E-state index in [4.69, 9.17) is 4.74 Å². The van der Waals surface area contributed by atoms with Crippen molar-refractivity contribution in [1.29, 1.82) is 0 Å². The first-order chi connectivity index (χ1) is 9.82. The Hall–Kier alpha value is -2.10. The summed E-state index contributed by atoms with van der Waals surface area (Å²) in [6, 6.07) is 4.80. The Labute approximate surface area is 125 Å². The van der Waals surface area contributed by atoms with Crippen molar-refractivity contribution in [2.45, 2.75) is 46.6 Å². The van der Waals surface area contributed by atoms with Crippen LogP contribution in [0, 0.1) is 0 Å². The van der Waals surface area contributed by atoms with Crippen molar-refractivity contribution in [3.8, 4) is 5.75 Å². The third-order valence-corrected chi connectivity index (χ3v) is 3.06. The molecule has 0 heterocycles. The molecule has 0 saturated carbocycles. The van der Waals surface area contributed by atoms with Crippen LogP contribution in [0.25, 0.3) is 0 Å². The summed E-state index contributed by atoms with van der Waals surface area (Å²) in [7, 11) is 0. The summed E-state index contributed by atoms with van der Waals surface area (Å²) in [5.74, 6) is -0.651.